The molecule has 2 unspecified atom stereocenters. The monoisotopic (exact) mass is 408 g/mol. The standard InChI is InChI=1S/C24H28N2O4/c1-16(20(14-25)22(28)9-10-23(29)24(30)15-27)18-8-7-17-5-4-6-21(19(17)13-18)26-11-2-3-12-26/h4-8,13,23-24,27,29-30H,2-3,9-12,15H2,1H3/b20-16+. The molecule has 6 heteroatoms. The number of carbonyl (C=O) groups excluding carboxylic acids is 1. The van der Waals surface area contributed by atoms with E-state index in [0.29, 0.717) is 5.57 Å². The minimum absolute atomic E-state index is 0.0180. The van der Waals surface area contributed by atoms with Crippen molar-refractivity contribution in [1.82, 2.24) is 0 Å². The molecule has 0 spiro atoms. The Bertz CT molecular complexity index is 986. The fraction of sp³-hybridized carbons (Fsp3) is 0.417. The molecule has 30 heavy (non-hydrogen) atoms. The Labute approximate surface area is 176 Å². The Hall–Kier alpha value is -2.72. The first kappa shape index (κ1) is 22.0. The van der Waals surface area contributed by atoms with Crippen LogP contribution in [0.15, 0.2) is 42.0 Å². The van der Waals surface area contributed by atoms with Gasteiger partial charge >= 0.3 is 0 Å². The second kappa shape index (κ2) is 9.86. The molecule has 1 saturated heterocycles. The maximum absolute atomic E-state index is 12.6. The predicted octanol–water partition coefficient (Wildman–Crippen LogP) is 2.80. The Morgan fingerprint density at radius 3 is 2.57 bits per heavy atom. The van der Waals surface area contributed by atoms with E-state index in [-0.39, 0.29) is 24.2 Å². The third-order valence-corrected chi connectivity index (χ3v) is 5.80. The zero-order chi connectivity index (χ0) is 21.7. The zero-order valence-corrected chi connectivity index (χ0v) is 17.2. The average molecular weight is 408 g/mol. The van der Waals surface area contributed by atoms with Gasteiger partial charge < -0.3 is 20.2 Å². The predicted molar refractivity (Wildman–Crippen MR) is 117 cm³/mol. The maximum Gasteiger partial charge on any atom is 0.173 e. The lowest BCUT2D eigenvalue weighted by Crippen LogP contribution is -2.29. The van der Waals surface area contributed by atoms with E-state index in [0.717, 1.165) is 29.4 Å². The van der Waals surface area contributed by atoms with E-state index in [1.54, 1.807) is 6.92 Å². The van der Waals surface area contributed by atoms with Crippen molar-refractivity contribution in [1.29, 1.82) is 5.26 Å². The van der Waals surface area contributed by atoms with Gasteiger partial charge in [-0.15, -0.1) is 0 Å². The van der Waals surface area contributed by atoms with Gasteiger partial charge in [-0.2, -0.15) is 5.26 Å². The Balaban J connectivity index is 1.90. The van der Waals surface area contributed by atoms with Gasteiger partial charge in [-0.1, -0.05) is 24.3 Å². The molecule has 2 aromatic rings. The molecule has 1 aliphatic rings. The lowest BCUT2D eigenvalue weighted by atomic mass is 9.94. The van der Waals surface area contributed by atoms with Gasteiger partial charge in [-0.3, -0.25) is 4.79 Å². The molecule has 0 radical (unpaired) electrons. The molecule has 6 nitrogen and oxygen atoms in total. The number of anilines is 1. The van der Waals surface area contributed by atoms with Gasteiger partial charge in [0, 0.05) is 30.6 Å². The molecule has 0 aromatic heterocycles. The smallest absolute Gasteiger partial charge is 0.173 e. The number of aliphatic hydroxyl groups is 3. The van der Waals surface area contributed by atoms with Crippen LogP contribution in [0, 0.1) is 11.3 Å². The normalized spacial score (nSPS) is 16.8. The molecule has 158 valence electrons. The third kappa shape index (κ3) is 4.71. The minimum atomic E-state index is -1.29. The molecule has 1 heterocycles. The summed E-state index contributed by atoms with van der Waals surface area (Å²) in [5.74, 6) is -0.382. The van der Waals surface area contributed by atoms with Crippen LogP contribution < -0.4 is 4.90 Å². The highest BCUT2D eigenvalue weighted by Gasteiger charge is 2.20. The number of benzene rings is 2. The van der Waals surface area contributed by atoms with E-state index in [2.05, 4.69) is 23.1 Å². The van der Waals surface area contributed by atoms with Crippen molar-refractivity contribution in [3.63, 3.8) is 0 Å². The highest BCUT2D eigenvalue weighted by atomic mass is 16.4. The van der Waals surface area contributed by atoms with E-state index in [1.807, 2.05) is 24.3 Å². The van der Waals surface area contributed by atoms with Gasteiger partial charge in [-0.05, 0) is 54.8 Å². The first-order valence-corrected chi connectivity index (χ1v) is 10.4. The summed E-state index contributed by atoms with van der Waals surface area (Å²) in [5.41, 5.74) is 2.64. The van der Waals surface area contributed by atoms with Gasteiger partial charge in [0.05, 0.1) is 18.3 Å². The van der Waals surface area contributed by atoms with E-state index in [1.165, 1.54) is 18.5 Å². The van der Waals surface area contributed by atoms with Crippen molar-refractivity contribution in [2.24, 2.45) is 0 Å². The fourth-order valence-corrected chi connectivity index (χ4v) is 3.94. The lowest BCUT2D eigenvalue weighted by Gasteiger charge is -2.20. The fourth-order valence-electron chi connectivity index (χ4n) is 3.94. The van der Waals surface area contributed by atoms with Gasteiger partial charge in [0.1, 0.15) is 12.2 Å². The van der Waals surface area contributed by atoms with E-state index < -0.39 is 18.8 Å². The zero-order valence-electron chi connectivity index (χ0n) is 17.2. The summed E-state index contributed by atoms with van der Waals surface area (Å²) in [5, 5.41) is 39.9. The molecule has 0 amide bonds. The molecule has 2 atom stereocenters. The molecule has 0 saturated carbocycles. The van der Waals surface area contributed by atoms with Crippen molar-refractivity contribution in [2.45, 2.75) is 44.8 Å². The van der Waals surface area contributed by atoms with Crippen LogP contribution in [-0.2, 0) is 4.79 Å². The minimum Gasteiger partial charge on any atom is -0.394 e. The van der Waals surface area contributed by atoms with Crippen LogP contribution in [0.1, 0.15) is 38.2 Å². The van der Waals surface area contributed by atoms with E-state index in [9.17, 15) is 20.3 Å². The summed E-state index contributed by atoms with van der Waals surface area (Å²) >= 11 is 0. The first-order chi connectivity index (χ1) is 14.5. The van der Waals surface area contributed by atoms with Gasteiger partial charge in [0.25, 0.3) is 0 Å². The molecule has 3 rings (SSSR count). The molecule has 1 fully saturated rings. The van der Waals surface area contributed by atoms with Crippen LogP contribution in [0.4, 0.5) is 5.69 Å². The number of fused-ring (bicyclic) bond motifs is 1. The summed E-state index contributed by atoms with van der Waals surface area (Å²) in [7, 11) is 0. The van der Waals surface area contributed by atoms with Crippen LogP contribution in [-0.4, -0.2) is 53.0 Å². The Kier molecular flexibility index (Phi) is 7.22. The van der Waals surface area contributed by atoms with Crippen LogP contribution in [0.3, 0.4) is 0 Å². The summed E-state index contributed by atoms with van der Waals surface area (Å²) in [6.45, 7) is 3.24. The SMILES string of the molecule is C/C(=C(/C#N)C(=O)CCC(O)C(O)CO)c1ccc2cccc(N3CCCC3)c2c1. The van der Waals surface area contributed by atoms with Crippen LogP contribution in [0.5, 0.6) is 0 Å². The number of ketones is 1. The largest absolute Gasteiger partial charge is 0.394 e. The number of hydrogen-bond donors (Lipinski definition) is 3. The molecular weight excluding hydrogens is 380 g/mol. The second-order valence-corrected chi connectivity index (χ2v) is 7.80. The summed E-state index contributed by atoms with van der Waals surface area (Å²) in [4.78, 5) is 15.0. The van der Waals surface area contributed by atoms with Crippen molar-refractivity contribution in [2.75, 3.05) is 24.6 Å². The Morgan fingerprint density at radius 2 is 1.90 bits per heavy atom. The molecular formula is C24H28N2O4. The van der Waals surface area contributed by atoms with Crippen LogP contribution in [0.25, 0.3) is 16.3 Å². The van der Waals surface area contributed by atoms with Gasteiger partial charge in [0.15, 0.2) is 5.78 Å². The van der Waals surface area contributed by atoms with Crippen molar-refractivity contribution in [3.05, 3.63) is 47.5 Å². The van der Waals surface area contributed by atoms with E-state index >= 15 is 0 Å². The number of carbonyl (C=O) groups is 1. The topological polar surface area (TPSA) is 105 Å². The number of aliphatic hydroxyl groups excluding tert-OH is 3. The number of rotatable bonds is 8. The summed E-state index contributed by atoms with van der Waals surface area (Å²) in [6.07, 6.45) is -0.237. The lowest BCUT2D eigenvalue weighted by molar-refractivity contribution is -0.116. The molecule has 3 N–H and O–H groups in total. The number of Topliss-reactive ketones (excluding diaryl/α,β-unsaturated/α-hetero) is 1. The molecule has 0 aliphatic carbocycles. The highest BCUT2D eigenvalue weighted by molar-refractivity contribution is 6.07. The number of hydrogen-bond acceptors (Lipinski definition) is 6. The Morgan fingerprint density at radius 1 is 1.17 bits per heavy atom. The number of nitrogens with zero attached hydrogens (tertiary/aromatic N) is 2. The molecule has 0 bridgehead atoms. The first-order valence-electron chi connectivity index (χ1n) is 10.4. The molecule has 2 aromatic carbocycles. The second-order valence-electron chi connectivity index (χ2n) is 7.80. The van der Waals surface area contributed by atoms with Crippen molar-refractivity contribution < 1.29 is 20.1 Å². The summed E-state index contributed by atoms with van der Waals surface area (Å²) < 4.78 is 0. The third-order valence-electron chi connectivity index (χ3n) is 5.80. The van der Waals surface area contributed by atoms with E-state index in [4.69, 9.17) is 5.11 Å². The van der Waals surface area contributed by atoms with Crippen LogP contribution in [0.2, 0.25) is 0 Å². The number of nitriles is 1. The average Bonchev–Trinajstić information content (AvgIpc) is 3.31. The quantitative estimate of drug-likeness (QED) is 0.458. The summed E-state index contributed by atoms with van der Waals surface area (Å²) in [6, 6.07) is 14.2. The number of allylic oxidation sites excluding steroid dienone is 2. The van der Waals surface area contributed by atoms with Crippen LogP contribution >= 0.6 is 0 Å². The highest BCUT2D eigenvalue weighted by Crippen LogP contribution is 2.32. The van der Waals surface area contributed by atoms with Gasteiger partial charge in [0.2, 0.25) is 0 Å². The maximum atomic E-state index is 12.6. The molecule has 1 aliphatic heterocycles. The van der Waals surface area contributed by atoms with Gasteiger partial charge in [-0.25, -0.2) is 0 Å². The van der Waals surface area contributed by atoms with Crippen molar-refractivity contribution >= 4 is 27.8 Å². The van der Waals surface area contributed by atoms with Crippen molar-refractivity contribution in [3.8, 4) is 6.07 Å².